The van der Waals surface area contributed by atoms with Gasteiger partial charge in [0, 0.05) is 16.4 Å². The van der Waals surface area contributed by atoms with E-state index in [1.807, 2.05) is 0 Å². The first-order valence-electron chi connectivity index (χ1n) is 7.85. The molecule has 4 heteroatoms. The monoisotopic (exact) mass is 353 g/mol. The van der Waals surface area contributed by atoms with Crippen LogP contribution in [-0.4, -0.2) is 17.6 Å². The lowest BCUT2D eigenvalue weighted by molar-refractivity contribution is -0.137. The Kier molecular flexibility index (Phi) is 6.24. The molecular formula is C17H24BrNO2. The third-order valence-corrected chi connectivity index (χ3v) is 4.86. The van der Waals surface area contributed by atoms with E-state index in [0.29, 0.717) is 0 Å². The third kappa shape index (κ3) is 4.82. The van der Waals surface area contributed by atoms with Crippen LogP contribution in [0.5, 0.6) is 0 Å². The Morgan fingerprint density at radius 2 is 2.00 bits per heavy atom. The van der Waals surface area contributed by atoms with Gasteiger partial charge in [0.25, 0.3) is 0 Å². The third-order valence-electron chi connectivity index (χ3n) is 4.37. The Morgan fingerprint density at radius 1 is 1.24 bits per heavy atom. The van der Waals surface area contributed by atoms with Gasteiger partial charge in [0.1, 0.15) is 0 Å². The van der Waals surface area contributed by atoms with Crippen LogP contribution in [0.4, 0.5) is 0 Å². The van der Waals surface area contributed by atoms with Gasteiger partial charge in [-0.1, -0.05) is 47.3 Å². The quantitative estimate of drug-likeness (QED) is 0.711. The maximum Gasteiger partial charge on any atom is 0.303 e. The lowest BCUT2D eigenvalue weighted by Gasteiger charge is -2.39. The Bertz CT molecular complexity index is 470. The van der Waals surface area contributed by atoms with Crippen LogP contribution in [0.3, 0.4) is 0 Å². The average molecular weight is 354 g/mol. The van der Waals surface area contributed by atoms with Gasteiger partial charge in [-0.25, -0.2) is 0 Å². The van der Waals surface area contributed by atoms with Crippen molar-refractivity contribution in [3.63, 3.8) is 0 Å². The minimum atomic E-state index is -0.700. The molecule has 0 aromatic heterocycles. The molecule has 0 bridgehead atoms. The largest absolute Gasteiger partial charge is 0.481 e. The number of benzene rings is 1. The molecule has 0 amide bonds. The maximum absolute atomic E-state index is 10.6. The molecule has 1 aliphatic rings. The second kappa shape index (κ2) is 7.95. The molecule has 0 spiro atoms. The summed E-state index contributed by atoms with van der Waals surface area (Å²) in [5.41, 5.74) is 1.43. The number of unbranched alkanes of at least 4 members (excludes halogenated alkanes) is 1. The van der Waals surface area contributed by atoms with Crippen molar-refractivity contribution >= 4 is 21.9 Å². The van der Waals surface area contributed by atoms with Crippen LogP contribution < -0.4 is 5.32 Å². The molecule has 3 nitrogen and oxygen atoms in total. The van der Waals surface area contributed by atoms with Crippen LogP contribution in [0.15, 0.2) is 28.7 Å². The van der Waals surface area contributed by atoms with Gasteiger partial charge in [0.2, 0.25) is 0 Å². The highest BCUT2D eigenvalue weighted by Crippen LogP contribution is 2.37. The van der Waals surface area contributed by atoms with E-state index in [4.69, 9.17) is 5.11 Å². The molecule has 1 saturated carbocycles. The first-order valence-corrected chi connectivity index (χ1v) is 8.65. The zero-order valence-electron chi connectivity index (χ0n) is 12.4. The smallest absolute Gasteiger partial charge is 0.303 e. The zero-order valence-corrected chi connectivity index (χ0v) is 14.0. The summed E-state index contributed by atoms with van der Waals surface area (Å²) >= 11 is 3.57. The summed E-state index contributed by atoms with van der Waals surface area (Å²) in [4.78, 5) is 10.6. The van der Waals surface area contributed by atoms with E-state index in [9.17, 15) is 4.79 Å². The summed E-state index contributed by atoms with van der Waals surface area (Å²) < 4.78 is 1.12. The Balaban J connectivity index is 1.98. The van der Waals surface area contributed by atoms with Crippen molar-refractivity contribution in [3.05, 3.63) is 34.3 Å². The molecule has 1 aromatic carbocycles. The van der Waals surface area contributed by atoms with E-state index < -0.39 is 5.97 Å². The van der Waals surface area contributed by atoms with E-state index in [-0.39, 0.29) is 12.0 Å². The van der Waals surface area contributed by atoms with Crippen molar-refractivity contribution in [2.75, 3.05) is 6.54 Å². The van der Waals surface area contributed by atoms with Gasteiger partial charge < -0.3 is 10.4 Å². The summed E-state index contributed by atoms with van der Waals surface area (Å²) in [6, 6.07) is 8.59. The second-order valence-corrected chi connectivity index (χ2v) is 6.85. The molecular weight excluding hydrogens is 330 g/mol. The average Bonchev–Trinajstić information content (AvgIpc) is 2.47. The van der Waals surface area contributed by atoms with Crippen LogP contribution in [0.2, 0.25) is 0 Å². The van der Waals surface area contributed by atoms with E-state index in [1.165, 1.54) is 37.7 Å². The highest BCUT2D eigenvalue weighted by Gasteiger charge is 2.33. The SMILES string of the molecule is O=C(O)CCCCNC1(c2cccc(Br)c2)CCCCC1. The maximum atomic E-state index is 10.6. The number of carboxylic acids is 1. The normalized spacial score (nSPS) is 17.6. The first kappa shape index (κ1) is 16.5. The molecule has 21 heavy (non-hydrogen) atoms. The molecule has 0 atom stereocenters. The standard InChI is InChI=1S/C17H24BrNO2/c18-15-8-6-7-14(13-15)17(10-3-1-4-11-17)19-12-5-2-9-16(20)21/h6-8,13,19H,1-5,9-12H2,(H,20,21). The van der Waals surface area contributed by atoms with Gasteiger partial charge in [-0.2, -0.15) is 0 Å². The number of hydrogen-bond donors (Lipinski definition) is 2. The molecule has 2 rings (SSSR count). The molecule has 0 radical (unpaired) electrons. The number of carboxylic acid groups (broad SMARTS) is 1. The van der Waals surface area contributed by atoms with Crippen LogP contribution >= 0.6 is 15.9 Å². The number of aliphatic carboxylic acids is 1. The van der Waals surface area contributed by atoms with Gasteiger partial charge in [-0.3, -0.25) is 4.79 Å². The Hall–Kier alpha value is -0.870. The summed E-state index contributed by atoms with van der Waals surface area (Å²) in [7, 11) is 0. The zero-order chi connectivity index (χ0) is 15.1. The first-order chi connectivity index (χ1) is 10.1. The van der Waals surface area contributed by atoms with Crippen LogP contribution in [0.25, 0.3) is 0 Å². The lowest BCUT2D eigenvalue weighted by Crippen LogP contribution is -2.44. The fraction of sp³-hybridized carbons (Fsp3) is 0.588. The van der Waals surface area contributed by atoms with Crippen molar-refractivity contribution in [2.45, 2.75) is 56.9 Å². The van der Waals surface area contributed by atoms with Gasteiger partial charge in [0.15, 0.2) is 0 Å². The molecule has 0 saturated heterocycles. The molecule has 1 aromatic rings. The van der Waals surface area contributed by atoms with Gasteiger partial charge >= 0.3 is 5.97 Å². The summed E-state index contributed by atoms with van der Waals surface area (Å²) in [5, 5.41) is 12.4. The molecule has 116 valence electrons. The van der Waals surface area contributed by atoms with E-state index >= 15 is 0 Å². The summed E-state index contributed by atoms with van der Waals surface area (Å²) in [6.45, 7) is 0.889. The molecule has 0 aliphatic heterocycles. The van der Waals surface area contributed by atoms with Crippen LogP contribution in [-0.2, 0) is 10.3 Å². The second-order valence-electron chi connectivity index (χ2n) is 5.93. The van der Waals surface area contributed by atoms with Gasteiger partial charge in [-0.05, 0) is 49.9 Å². The van der Waals surface area contributed by atoms with Crippen LogP contribution in [0.1, 0.15) is 56.9 Å². The van der Waals surface area contributed by atoms with Crippen molar-refractivity contribution < 1.29 is 9.90 Å². The number of nitrogens with one attached hydrogen (secondary N) is 1. The Morgan fingerprint density at radius 3 is 2.67 bits per heavy atom. The molecule has 0 unspecified atom stereocenters. The fourth-order valence-electron chi connectivity index (χ4n) is 3.24. The van der Waals surface area contributed by atoms with Crippen molar-refractivity contribution in [3.8, 4) is 0 Å². The van der Waals surface area contributed by atoms with Crippen molar-refractivity contribution in [1.29, 1.82) is 0 Å². The number of halogens is 1. The predicted molar refractivity (Wildman–Crippen MR) is 88.4 cm³/mol. The highest BCUT2D eigenvalue weighted by molar-refractivity contribution is 9.10. The molecule has 0 heterocycles. The topological polar surface area (TPSA) is 49.3 Å². The van der Waals surface area contributed by atoms with E-state index in [2.05, 4.69) is 45.5 Å². The van der Waals surface area contributed by atoms with Gasteiger partial charge in [0.05, 0.1) is 0 Å². The van der Waals surface area contributed by atoms with Crippen molar-refractivity contribution in [1.82, 2.24) is 5.32 Å². The van der Waals surface area contributed by atoms with E-state index in [1.54, 1.807) is 0 Å². The minimum Gasteiger partial charge on any atom is -0.481 e. The van der Waals surface area contributed by atoms with E-state index in [0.717, 1.165) is 23.9 Å². The lowest BCUT2D eigenvalue weighted by atomic mass is 9.76. The minimum absolute atomic E-state index is 0.0747. The number of rotatable bonds is 7. The summed E-state index contributed by atoms with van der Waals surface area (Å²) in [5.74, 6) is -0.700. The van der Waals surface area contributed by atoms with Crippen LogP contribution in [0, 0.1) is 0 Å². The highest BCUT2D eigenvalue weighted by atomic mass is 79.9. The van der Waals surface area contributed by atoms with Crippen molar-refractivity contribution in [2.24, 2.45) is 0 Å². The fourth-order valence-corrected chi connectivity index (χ4v) is 3.64. The number of carbonyl (C=O) groups is 1. The molecule has 1 aliphatic carbocycles. The number of hydrogen-bond acceptors (Lipinski definition) is 2. The predicted octanol–water partition coefficient (Wildman–Crippen LogP) is 4.45. The molecule has 2 N–H and O–H groups in total. The molecule has 1 fully saturated rings. The Labute approximate surface area is 135 Å². The summed E-state index contributed by atoms with van der Waals surface area (Å²) in [6.07, 6.45) is 8.11. The van der Waals surface area contributed by atoms with Gasteiger partial charge in [-0.15, -0.1) is 0 Å².